The second-order valence-corrected chi connectivity index (χ2v) is 4.38. The molecule has 1 aliphatic rings. The predicted octanol–water partition coefficient (Wildman–Crippen LogP) is 1.80. The number of hydrogen-bond donors (Lipinski definition) is 1. The smallest absolute Gasteiger partial charge is 0.0457 e. The lowest BCUT2D eigenvalue weighted by Crippen LogP contribution is -2.52. The molecule has 0 bridgehead atoms. The average Bonchev–Trinajstić information content (AvgIpc) is 2.09. The Kier molecular flexibility index (Phi) is 3.13. The van der Waals surface area contributed by atoms with Gasteiger partial charge in [0.2, 0.25) is 0 Å². The van der Waals surface area contributed by atoms with E-state index in [0.717, 1.165) is 5.92 Å². The van der Waals surface area contributed by atoms with Crippen LogP contribution in [0.1, 0.15) is 39.5 Å². The van der Waals surface area contributed by atoms with E-state index in [1.807, 2.05) is 0 Å². The van der Waals surface area contributed by atoms with Crippen LogP contribution in [0.2, 0.25) is 0 Å². The van der Waals surface area contributed by atoms with E-state index in [2.05, 4.69) is 25.8 Å². The summed E-state index contributed by atoms with van der Waals surface area (Å²) in [5.41, 5.74) is 6.03. The minimum absolute atomic E-state index is 0.354. The highest BCUT2D eigenvalue weighted by molar-refractivity contribution is 4.91. The predicted molar refractivity (Wildman–Crippen MR) is 52.9 cm³/mol. The van der Waals surface area contributed by atoms with Crippen LogP contribution in [0.5, 0.6) is 0 Å². The van der Waals surface area contributed by atoms with Crippen molar-refractivity contribution in [1.29, 1.82) is 0 Å². The van der Waals surface area contributed by atoms with Crippen LogP contribution in [-0.2, 0) is 0 Å². The first-order valence-corrected chi connectivity index (χ1v) is 5.02. The van der Waals surface area contributed by atoms with Crippen molar-refractivity contribution in [2.24, 2.45) is 11.7 Å². The summed E-state index contributed by atoms with van der Waals surface area (Å²) < 4.78 is 0. The van der Waals surface area contributed by atoms with Crippen LogP contribution < -0.4 is 5.73 Å². The molecule has 2 nitrogen and oxygen atoms in total. The van der Waals surface area contributed by atoms with Crippen LogP contribution in [0.15, 0.2) is 0 Å². The summed E-state index contributed by atoms with van der Waals surface area (Å²) in [6.07, 6.45) is 5.43. The average molecular weight is 170 g/mol. The first-order valence-electron chi connectivity index (χ1n) is 5.02. The van der Waals surface area contributed by atoms with Crippen molar-refractivity contribution >= 4 is 0 Å². The molecular formula is C10H22N2. The quantitative estimate of drug-likeness (QED) is 0.640. The third kappa shape index (κ3) is 1.64. The van der Waals surface area contributed by atoms with Crippen LogP contribution in [0.4, 0.5) is 0 Å². The van der Waals surface area contributed by atoms with Crippen LogP contribution in [-0.4, -0.2) is 24.2 Å². The molecule has 1 fully saturated rings. The van der Waals surface area contributed by atoms with Gasteiger partial charge in [-0.2, -0.15) is 0 Å². The standard InChI is InChI=1S/C10H22N2/c1-9-6-4-5-7-10(9,2)12(3)8-11/h9H,4-8,11H2,1-3H3. The molecule has 12 heavy (non-hydrogen) atoms. The van der Waals surface area contributed by atoms with Gasteiger partial charge in [-0.25, -0.2) is 0 Å². The molecule has 0 radical (unpaired) electrons. The maximum atomic E-state index is 5.68. The summed E-state index contributed by atoms with van der Waals surface area (Å²) in [6, 6.07) is 0. The third-order valence-corrected chi connectivity index (χ3v) is 3.78. The van der Waals surface area contributed by atoms with Crippen LogP contribution >= 0.6 is 0 Å². The Hall–Kier alpha value is -0.0800. The number of hydrogen-bond acceptors (Lipinski definition) is 2. The molecule has 2 N–H and O–H groups in total. The fraction of sp³-hybridized carbons (Fsp3) is 1.00. The third-order valence-electron chi connectivity index (χ3n) is 3.78. The zero-order valence-electron chi connectivity index (χ0n) is 8.64. The SMILES string of the molecule is CC1CCCCC1(C)N(C)CN. The Morgan fingerprint density at radius 2 is 2.17 bits per heavy atom. The van der Waals surface area contributed by atoms with Gasteiger partial charge in [-0.05, 0) is 32.7 Å². The summed E-state index contributed by atoms with van der Waals surface area (Å²) >= 11 is 0. The topological polar surface area (TPSA) is 29.3 Å². The van der Waals surface area contributed by atoms with E-state index < -0.39 is 0 Å². The summed E-state index contributed by atoms with van der Waals surface area (Å²) in [7, 11) is 2.14. The fourth-order valence-corrected chi connectivity index (χ4v) is 2.27. The zero-order chi connectivity index (χ0) is 9.19. The molecule has 0 aromatic heterocycles. The lowest BCUT2D eigenvalue weighted by atomic mass is 9.74. The molecule has 0 spiro atoms. The molecule has 0 saturated heterocycles. The molecule has 72 valence electrons. The summed E-state index contributed by atoms with van der Waals surface area (Å²) in [5, 5.41) is 0. The van der Waals surface area contributed by atoms with Gasteiger partial charge in [0.1, 0.15) is 0 Å². The minimum atomic E-state index is 0.354. The van der Waals surface area contributed by atoms with E-state index in [1.165, 1.54) is 25.7 Å². The van der Waals surface area contributed by atoms with E-state index in [-0.39, 0.29) is 0 Å². The lowest BCUT2D eigenvalue weighted by molar-refractivity contribution is 0.0450. The first-order chi connectivity index (χ1) is 5.61. The highest BCUT2D eigenvalue weighted by Crippen LogP contribution is 2.36. The van der Waals surface area contributed by atoms with E-state index in [4.69, 9.17) is 5.73 Å². The highest BCUT2D eigenvalue weighted by atomic mass is 15.2. The minimum Gasteiger partial charge on any atom is -0.318 e. The Labute approximate surface area is 76.1 Å². The van der Waals surface area contributed by atoms with Crippen molar-refractivity contribution in [2.75, 3.05) is 13.7 Å². The molecule has 0 aromatic rings. The molecule has 2 heteroatoms. The van der Waals surface area contributed by atoms with Crippen molar-refractivity contribution < 1.29 is 0 Å². The summed E-state index contributed by atoms with van der Waals surface area (Å²) in [5.74, 6) is 0.791. The summed E-state index contributed by atoms with van der Waals surface area (Å²) in [4.78, 5) is 2.30. The number of rotatable bonds is 2. The van der Waals surface area contributed by atoms with Crippen LogP contribution in [0.3, 0.4) is 0 Å². The van der Waals surface area contributed by atoms with Gasteiger partial charge in [0.15, 0.2) is 0 Å². The lowest BCUT2D eigenvalue weighted by Gasteiger charge is -2.46. The zero-order valence-corrected chi connectivity index (χ0v) is 8.64. The van der Waals surface area contributed by atoms with Crippen molar-refractivity contribution in [3.8, 4) is 0 Å². The van der Waals surface area contributed by atoms with Crippen LogP contribution in [0.25, 0.3) is 0 Å². The van der Waals surface area contributed by atoms with Crippen molar-refractivity contribution in [3.63, 3.8) is 0 Å². The van der Waals surface area contributed by atoms with E-state index in [0.29, 0.717) is 12.2 Å². The second-order valence-electron chi connectivity index (χ2n) is 4.38. The number of nitrogens with zero attached hydrogens (tertiary/aromatic N) is 1. The molecule has 0 aromatic carbocycles. The van der Waals surface area contributed by atoms with E-state index >= 15 is 0 Å². The Morgan fingerprint density at radius 3 is 2.67 bits per heavy atom. The molecule has 0 amide bonds. The Balaban J connectivity index is 2.65. The van der Waals surface area contributed by atoms with Gasteiger partial charge in [-0.3, -0.25) is 4.90 Å². The summed E-state index contributed by atoms with van der Waals surface area (Å²) in [6.45, 7) is 5.38. The van der Waals surface area contributed by atoms with Crippen molar-refractivity contribution in [3.05, 3.63) is 0 Å². The van der Waals surface area contributed by atoms with Gasteiger partial charge in [-0.15, -0.1) is 0 Å². The molecule has 0 heterocycles. The van der Waals surface area contributed by atoms with E-state index in [9.17, 15) is 0 Å². The van der Waals surface area contributed by atoms with E-state index in [1.54, 1.807) is 0 Å². The fourth-order valence-electron chi connectivity index (χ4n) is 2.27. The first kappa shape index (κ1) is 10.0. The Morgan fingerprint density at radius 1 is 1.50 bits per heavy atom. The van der Waals surface area contributed by atoms with Gasteiger partial charge in [0.05, 0.1) is 0 Å². The molecular weight excluding hydrogens is 148 g/mol. The number of nitrogens with two attached hydrogens (primary N) is 1. The molecule has 1 saturated carbocycles. The molecule has 2 unspecified atom stereocenters. The van der Waals surface area contributed by atoms with Gasteiger partial charge < -0.3 is 5.73 Å². The van der Waals surface area contributed by atoms with Crippen molar-refractivity contribution in [1.82, 2.24) is 4.90 Å². The van der Waals surface area contributed by atoms with Gasteiger partial charge in [0, 0.05) is 12.2 Å². The molecule has 1 rings (SSSR count). The second kappa shape index (κ2) is 3.75. The van der Waals surface area contributed by atoms with Gasteiger partial charge in [0.25, 0.3) is 0 Å². The monoisotopic (exact) mass is 170 g/mol. The largest absolute Gasteiger partial charge is 0.318 e. The maximum Gasteiger partial charge on any atom is 0.0457 e. The molecule has 2 atom stereocenters. The molecule has 1 aliphatic carbocycles. The molecule has 0 aliphatic heterocycles. The van der Waals surface area contributed by atoms with Gasteiger partial charge >= 0.3 is 0 Å². The maximum absolute atomic E-state index is 5.68. The van der Waals surface area contributed by atoms with Crippen molar-refractivity contribution in [2.45, 2.75) is 45.1 Å². The van der Waals surface area contributed by atoms with Crippen LogP contribution in [0, 0.1) is 5.92 Å². The highest BCUT2D eigenvalue weighted by Gasteiger charge is 2.36. The van der Waals surface area contributed by atoms with Gasteiger partial charge in [-0.1, -0.05) is 19.8 Å². The Bertz CT molecular complexity index is 141. The normalized spacial score (nSPS) is 37.2.